The lowest BCUT2D eigenvalue weighted by atomic mass is 9.85. The van der Waals surface area contributed by atoms with E-state index in [1.54, 1.807) is 0 Å². The van der Waals surface area contributed by atoms with E-state index in [9.17, 15) is 0 Å². The molecule has 0 bridgehead atoms. The van der Waals surface area contributed by atoms with Crippen molar-refractivity contribution in [3.63, 3.8) is 0 Å². The van der Waals surface area contributed by atoms with Crippen molar-refractivity contribution in [1.29, 1.82) is 0 Å². The maximum absolute atomic E-state index is 6.45. The van der Waals surface area contributed by atoms with Crippen molar-refractivity contribution in [3.8, 4) is 5.75 Å². The van der Waals surface area contributed by atoms with E-state index in [0.29, 0.717) is 6.04 Å². The van der Waals surface area contributed by atoms with Crippen molar-refractivity contribution >= 4 is 11.6 Å². The van der Waals surface area contributed by atoms with Crippen LogP contribution in [-0.2, 0) is 12.8 Å². The number of halogens is 1. The van der Waals surface area contributed by atoms with Crippen LogP contribution in [0.5, 0.6) is 5.75 Å². The van der Waals surface area contributed by atoms with Gasteiger partial charge in [-0.3, -0.25) is 0 Å². The van der Waals surface area contributed by atoms with Crippen molar-refractivity contribution in [2.24, 2.45) is 0 Å². The molecule has 1 atom stereocenters. The molecule has 1 unspecified atom stereocenters. The van der Waals surface area contributed by atoms with E-state index in [2.05, 4.69) is 29.6 Å². The molecule has 0 fully saturated rings. The minimum Gasteiger partial charge on any atom is -0.486 e. The quantitative estimate of drug-likeness (QED) is 0.862. The van der Waals surface area contributed by atoms with Gasteiger partial charge in [0, 0.05) is 35.9 Å². The van der Waals surface area contributed by atoms with Gasteiger partial charge in [-0.15, -0.1) is 0 Å². The molecule has 1 aliphatic heterocycles. The molecule has 2 aromatic rings. The van der Waals surface area contributed by atoms with Crippen LogP contribution in [0.1, 0.15) is 29.2 Å². The molecule has 1 N–H and O–H groups in total. The number of rotatable bonds is 1. The van der Waals surface area contributed by atoms with Crippen molar-refractivity contribution in [3.05, 3.63) is 64.2 Å². The minimum absolute atomic E-state index is 0.113. The summed E-state index contributed by atoms with van der Waals surface area (Å²) >= 11 is 6.14. The monoisotopic (exact) mass is 299 g/mol. The lowest BCUT2D eigenvalue weighted by Crippen LogP contribution is -2.44. The lowest BCUT2D eigenvalue weighted by Gasteiger charge is -2.40. The van der Waals surface area contributed by atoms with Gasteiger partial charge in [0.2, 0.25) is 0 Å². The van der Waals surface area contributed by atoms with E-state index in [4.69, 9.17) is 16.3 Å². The Morgan fingerprint density at radius 3 is 2.52 bits per heavy atom. The molecular weight excluding hydrogens is 282 g/mol. The zero-order valence-corrected chi connectivity index (χ0v) is 12.8. The fourth-order valence-electron chi connectivity index (χ4n) is 3.77. The molecular formula is C18H18ClNO. The Bertz CT molecular complexity index is 672. The third kappa shape index (κ3) is 2.14. The molecule has 108 valence electrons. The fourth-order valence-corrected chi connectivity index (χ4v) is 3.96. The highest BCUT2D eigenvalue weighted by Crippen LogP contribution is 2.46. The summed E-state index contributed by atoms with van der Waals surface area (Å²) in [5.41, 5.74) is 3.90. The Kier molecular flexibility index (Phi) is 2.98. The highest BCUT2D eigenvalue weighted by molar-refractivity contribution is 6.30. The van der Waals surface area contributed by atoms with Crippen LogP contribution in [-0.4, -0.2) is 12.6 Å². The van der Waals surface area contributed by atoms with Gasteiger partial charge in [-0.1, -0.05) is 35.9 Å². The first kappa shape index (κ1) is 13.2. The minimum atomic E-state index is -0.113. The molecule has 2 aliphatic rings. The number of hydrogen-bond donors (Lipinski definition) is 1. The number of benzene rings is 2. The molecule has 0 amide bonds. The summed E-state index contributed by atoms with van der Waals surface area (Å²) in [4.78, 5) is 0. The van der Waals surface area contributed by atoms with Gasteiger partial charge < -0.3 is 10.1 Å². The lowest BCUT2D eigenvalue weighted by molar-refractivity contribution is 0.0412. The van der Waals surface area contributed by atoms with Crippen LogP contribution in [0.3, 0.4) is 0 Å². The summed E-state index contributed by atoms with van der Waals surface area (Å²) in [6.07, 6.45) is 2.96. The van der Waals surface area contributed by atoms with Crippen LogP contribution in [0, 0.1) is 0 Å². The van der Waals surface area contributed by atoms with Crippen molar-refractivity contribution in [1.82, 2.24) is 5.32 Å². The molecule has 1 heterocycles. The second-order valence-corrected chi connectivity index (χ2v) is 6.57. The maximum atomic E-state index is 6.45. The number of ether oxygens (including phenoxy) is 1. The molecule has 3 heteroatoms. The highest BCUT2D eigenvalue weighted by Gasteiger charge is 2.44. The third-order valence-electron chi connectivity index (χ3n) is 4.74. The molecule has 1 aliphatic carbocycles. The molecule has 2 aromatic carbocycles. The van der Waals surface area contributed by atoms with Gasteiger partial charge in [-0.05, 0) is 36.4 Å². The molecule has 4 rings (SSSR count). The molecule has 0 radical (unpaired) electrons. The van der Waals surface area contributed by atoms with Gasteiger partial charge >= 0.3 is 0 Å². The van der Waals surface area contributed by atoms with Gasteiger partial charge in [0.25, 0.3) is 0 Å². The summed E-state index contributed by atoms with van der Waals surface area (Å²) in [7, 11) is 2.01. The molecule has 0 saturated heterocycles. The van der Waals surface area contributed by atoms with Gasteiger partial charge in [-0.25, -0.2) is 0 Å². The van der Waals surface area contributed by atoms with Crippen molar-refractivity contribution < 1.29 is 4.74 Å². The third-order valence-corrected chi connectivity index (χ3v) is 4.98. The molecule has 0 aromatic heterocycles. The van der Waals surface area contributed by atoms with Crippen LogP contribution < -0.4 is 10.1 Å². The Morgan fingerprint density at radius 2 is 1.86 bits per heavy atom. The summed E-state index contributed by atoms with van der Waals surface area (Å²) < 4.78 is 6.45. The zero-order valence-electron chi connectivity index (χ0n) is 12.0. The second kappa shape index (κ2) is 4.75. The number of nitrogens with one attached hydrogen (secondary N) is 1. The number of fused-ring (bicyclic) bond motifs is 2. The van der Waals surface area contributed by atoms with Crippen molar-refractivity contribution in [2.75, 3.05) is 7.05 Å². The first-order valence-corrected chi connectivity index (χ1v) is 7.79. The van der Waals surface area contributed by atoms with Crippen LogP contribution in [0.25, 0.3) is 0 Å². The standard InChI is InChI=1S/C18H18ClNO/c1-20-16-11-18(9-12-4-2-3-5-13(12)10-18)21-17-7-6-14(19)8-15(16)17/h2-8,16,20H,9-11H2,1H3. The van der Waals surface area contributed by atoms with Gasteiger partial charge in [0.1, 0.15) is 11.4 Å². The zero-order chi connectivity index (χ0) is 14.4. The predicted octanol–water partition coefficient (Wildman–Crippen LogP) is 3.92. The van der Waals surface area contributed by atoms with Crippen LogP contribution in [0.2, 0.25) is 5.02 Å². The first-order valence-electron chi connectivity index (χ1n) is 7.42. The topological polar surface area (TPSA) is 21.3 Å². The normalized spacial score (nSPS) is 21.7. The summed E-state index contributed by atoms with van der Waals surface area (Å²) in [6.45, 7) is 0. The van der Waals surface area contributed by atoms with E-state index in [0.717, 1.165) is 30.0 Å². The second-order valence-electron chi connectivity index (χ2n) is 6.13. The predicted molar refractivity (Wildman–Crippen MR) is 85.1 cm³/mol. The van der Waals surface area contributed by atoms with Crippen LogP contribution >= 0.6 is 11.6 Å². The van der Waals surface area contributed by atoms with E-state index < -0.39 is 0 Å². The average Bonchev–Trinajstić information content (AvgIpc) is 2.84. The highest BCUT2D eigenvalue weighted by atomic mass is 35.5. The van der Waals surface area contributed by atoms with E-state index >= 15 is 0 Å². The Balaban J connectivity index is 1.73. The molecule has 1 spiro atoms. The SMILES string of the molecule is CNC1CC2(Cc3ccccc3C2)Oc2ccc(Cl)cc21. The molecule has 0 saturated carbocycles. The van der Waals surface area contributed by atoms with E-state index in [1.807, 2.05) is 25.2 Å². The smallest absolute Gasteiger partial charge is 0.125 e. The molecule has 21 heavy (non-hydrogen) atoms. The Hall–Kier alpha value is -1.51. The maximum Gasteiger partial charge on any atom is 0.125 e. The summed E-state index contributed by atoms with van der Waals surface area (Å²) in [5.74, 6) is 0.970. The van der Waals surface area contributed by atoms with Crippen LogP contribution in [0.15, 0.2) is 42.5 Å². The summed E-state index contributed by atoms with van der Waals surface area (Å²) in [6, 6.07) is 14.9. The van der Waals surface area contributed by atoms with Gasteiger partial charge in [-0.2, -0.15) is 0 Å². The average molecular weight is 300 g/mol. The Morgan fingerprint density at radius 1 is 1.14 bits per heavy atom. The Labute approximate surface area is 130 Å². The molecule has 2 nitrogen and oxygen atoms in total. The van der Waals surface area contributed by atoms with Crippen LogP contribution in [0.4, 0.5) is 0 Å². The van der Waals surface area contributed by atoms with Gasteiger partial charge in [0.05, 0.1) is 0 Å². The fraction of sp³-hybridized carbons (Fsp3) is 0.333. The number of hydrogen-bond acceptors (Lipinski definition) is 2. The largest absolute Gasteiger partial charge is 0.486 e. The van der Waals surface area contributed by atoms with Crippen molar-refractivity contribution in [2.45, 2.75) is 30.9 Å². The first-order chi connectivity index (χ1) is 10.2. The van der Waals surface area contributed by atoms with E-state index in [1.165, 1.54) is 16.7 Å². The van der Waals surface area contributed by atoms with E-state index in [-0.39, 0.29) is 5.60 Å². The van der Waals surface area contributed by atoms with Gasteiger partial charge in [0.15, 0.2) is 0 Å². The summed E-state index contributed by atoms with van der Waals surface area (Å²) in [5, 5.41) is 4.19.